The van der Waals surface area contributed by atoms with Crippen LogP contribution >= 0.6 is 11.6 Å². The van der Waals surface area contributed by atoms with Crippen molar-refractivity contribution in [1.82, 2.24) is 0 Å². The summed E-state index contributed by atoms with van der Waals surface area (Å²) in [6.07, 6.45) is -0.993. The third-order valence-corrected chi connectivity index (χ3v) is 2.78. The van der Waals surface area contributed by atoms with Gasteiger partial charge in [0.15, 0.2) is 0 Å². The summed E-state index contributed by atoms with van der Waals surface area (Å²) in [5.74, 6) is 0.201. The minimum absolute atomic E-state index is 0.0194. The number of esters is 1. The molecule has 0 amide bonds. The molecule has 0 radical (unpaired) electrons. The highest BCUT2D eigenvalue weighted by atomic mass is 35.5. The number of rotatable bonds is 5. The van der Waals surface area contributed by atoms with Crippen LogP contribution < -0.4 is 4.74 Å². The maximum atomic E-state index is 11.2. The molecular weight excluding hydrogens is 284 g/mol. The number of hydrogen-bond donors (Lipinski definition) is 1. The molecule has 106 valence electrons. The van der Waals surface area contributed by atoms with Gasteiger partial charge >= 0.3 is 5.97 Å². The van der Waals surface area contributed by atoms with Crippen LogP contribution in [0.5, 0.6) is 5.75 Å². The minimum atomic E-state index is -0.993. The summed E-state index contributed by atoms with van der Waals surface area (Å²) in [4.78, 5) is 11.2. The molecule has 0 fully saturated rings. The van der Waals surface area contributed by atoms with Crippen LogP contribution in [0, 0.1) is 0 Å². The maximum Gasteiger partial charge on any atom is 0.373 e. The number of ether oxygens (including phenoxy) is 2. The van der Waals surface area contributed by atoms with E-state index in [0.29, 0.717) is 10.8 Å². The Balaban J connectivity index is 1.96. The SMILES string of the molecule is COC(=O)c1ccc(C(O)COc2cccc(Cl)c2)o1. The van der Waals surface area contributed by atoms with E-state index in [0.717, 1.165) is 0 Å². The molecule has 5 nitrogen and oxygen atoms in total. The lowest BCUT2D eigenvalue weighted by molar-refractivity contribution is 0.0541. The van der Waals surface area contributed by atoms with Gasteiger partial charge in [-0.15, -0.1) is 0 Å². The van der Waals surface area contributed by atoms with E-state index in [9.17, 15) is 9.90 Å². The average molecular weight is 297 g/mol. The normalized spacial score (nSPS) is 11.9. The van der Waals surface area contributed by atoms with Crippen LogP contribution in [0.2, 0.25) is 5.02 Å². The molecule has 0 saturated heterocycles. The molecule has 0 bridgehead atoms. The smallest absolute Gasteiger partial charge is 0.373 e. The van der Waals surface area contributed by atoms with Crippen LogP contribution in [0.15, 0.2) is 40.8 Å². The van der Waals surface area contributed by atoms with Gasteiger partial charge in [0.25, 0.3) is 0 Å². The molecule has 0 aliphatic carbocycles. The molecule has 2 aromatic rings. The lowest BCUT2D eigenvalue weighted by atomic mass is 10.3. The van der Waals surface area contributed by atoms with Crippen LogP contribution in [0.4, 0.5) is 0 Å². The van der Waals surface area contributed by atoms with Gasteiger partial charge in [0.2, 0.25) is 5.76 Å². The first-order valence-electron chi connectivity index (χ1n) is 5.84. The summed E-state index contributed by atoms with van der Waals surface area (Å²) in [7, 11) is 1.25. The first-order valence-corrected chi connectivity index (χ1v) is 6.22. The zero-order chi connectivity index (χ0) is 14.5. The van der Waals surface area contributed by atoms with Crippen LogP contribution in [0.25, 0.3) is 0 Å². The highest BCUT2D eigenvalue weighted by Gasteiger charge is 2.17. The van der Waals surface area contributed by atoms with Crippen molar-refractivity contribution in [3.05, 3.63) is 52.9 Å². The number of benzene rings is 1. The molecule has 6 heteroatoms. The Hall–Kier alpha value is -1.98. The molecule has 0 saturated carbocycles. The van der Waals surface area contributed by atoms with E-state index < -0.39 is 12.1 Å². The number of carbonyl (C=O) groups excluding carboxylic acids is 1. The van der Waals surface area contributed by atoms with Crippen molar-refractivity contribution in [2.75, 3.05) is 13.7 Å². The zero-order valence-corrected chi connectivity index (χ0v) is 11.5. The van der Waals surface area contributed by atoms with Crippen molar-refractivity contribution in [1.29, 1.82) is 0 Å². The Kier molecular flexibility index (Phi) is 4.65. The Bertz CT molecular complexity index is 593. The van der Waals surface area contributed by atoms with E-state index in [1.165, 1.54) is 19.2 Å². The molecule has 0 spiro atoms. The second kappa shape index (κ2) is 6.45. The van der Waals surface area contributed by atoms with E-state index in [-0.39, 0.29) is 18.1 Å². The predicted octanol–water partition coefficient (Wildman–Crippen LogP) is 2.83. The number of furan rings is 1. The Labute approximate surface area is 120 Å². The van der Waals surface area contributed by atoms with Gasteiger partial charge in [0.1, 0.15) is 24.2 Å². The Morgan fingerprint density at radius 1 is 1.40 bits per heavy atom. The summed E-state index contributed by atoms with van der Waals surface area (Å²) in [5, 5.41) is 10.5. The van der Waals surface area contributed by atoms with Crippen molar-refractivity contribution in [2.24, 2.45) is 0 Å². The van der Waals surface area contributed by atoms with Crippen molar-refractivity contribution < 1.29 is 23.8 Å². The topological polar surface area (TPSA) is 68.9 Å². The molecule has 1 N–H and O–H groups in total. The summed E-state index contributed by atoms with van der Waals surface area (Å²) in [6.45, 7) is -0.0194. The fraction of sp³-hybridized carbons (Fsp3) is 0.214. The fourth-order valence-corrected chi connectivity index (χ4v) is 1.74. The number of aliphatic hydroxyl groups is 1. The molecule has 1 unspecified atom stereocenters. The van der Waals surface area contributed by atoms with E-state index >= 15 is 0 Å². The Morgan fingerprint density at radius 2 is 2.20 bits per heavy atom. The van der Waals surface area contributed by atoms with Crippen molar-refractivity contribution in [3.8, 4) is 5.75 Å². The van der Waals surface area contributed by atoms with Crippen LogP contribution in [-0.4, -0.2) is 24.8 Å². The van der Waals surface area contributed by atoms with Gasteiger partial charge in [0.05, 0.1) is 7.11 Å². The van der Waals surface area contributed by atoms with Gasteiger partial charge in [-0.05, 0) is 30.3 Å². The summed E-state index contributed by atoms with van der Waals surface area (Å²) in [6, 6.07) is 9.76. The second-order valence-electron chi connectivity index (χ2n) is 3.98. The third kappa shape index (κ3) is 3.53. The molecule has 1 aromatic carbocycles. The van der Waals surface area contributed by atoms with Crippen molar-refractivity contribution >= 4 is 17.6 Å². The number of hydrogen-bond acceptors (Lipinski definition) is 5. The quantitative estimate of drug-likeness (QED) is 0.859. The first kappa shape index (κ1) is 14.4. The number of carbonyl (C=O) groups is 1. The first-order chi connectivity index (χ1) is 9.60. The molecule has 1 aromatic heterocycles. The number of methoxy groups -OCH3 is 1. The van der Waals surface area contributed by atoms with Gasteiger partial charge in [-0.2, -0.15) is 0 Å². The van der Waals surface area contributed by atoms with E-state index in [2.05, 4.69) is 4.74 Å². The molecule has 0 aliphatic heterocycles. The predicted molar refractivity (Wildman–Crippen MR) is 72.0 cm³/mol. The zero-order valence-electron chi connectivity index (χ0n) is 10.7. The molecule has 1 atom stereocenters. The van der Waals surface area contributed by atoms with Crippen molar-refractivity contribution in [3.63, 3.8) is 0 Å². The van der Waals surface area contributed by atoms with Gasteiger partial charge < -0.3 is 19.0 Å². The van der Waals surface area contributed by atoms with Gasteiger partial charge in [-0.3, -0.25) is 0 Å². The van der Waals surface area contributed by atoms with Crippen LogP contribution in [0.1, 0.15) is 22.4 Å². The van der Waals surface area contributed by atoms with Crippen molar-refractivity contribution in [2.45, 2.75) is 6.10 Å². The lowest BCUT2D eigenvalue weighted by Gasteiger charge is -2.10. The molecule has 1 heterocycles. The Morgan fingerprint density at radius 3 is 2.90 bits per heavy atom. The molecule has 20 heavy (non-hydrogen) atoms. The summed E-state index contributed by atoms with van der Waals surface area (Å²) < 4.78 is 15.1. The van der Waals surface area contributed by atoms with Gasteiger partial charge in [0, 0.05) is 5.02 Å². The number of halogens is 1. The summed E-state index contributed by atoms with van der Waals surface area (Å²) >= 11 is 5.82. The molecule has 2 rings (SSSR count). The standard InChI is InChI=1S/C14H13ClO5/c1-18-14(17)13-6-5-12(20-13)11(16)8-19-10-4-2-3-9(15)7-10/h2-7,11,16H,8H2,1H3. The third-order valence-electron chi connectivity index (χ3n) is 2.55. The minimum Gasteiger partial charge on any atom is -0.490 e. The van der Waals surface area contributed by atoms with E-state index in [1.807, 2.05) is 0 Å². The maximum absolute atomic E-state index is 11.2. The van der Waals surface area contributed by atoms with Crippen LogP contribution in [-0.2, 0) is 4.74 Å². The van der Waals surface area contributed by atoms with Gasteiger partial charge in [-0.25, -0.2) is 4.79 Å². The van der Waals surface area contributed by atoms with E-state index in [1.54, 1.807) is 24.3 Å². The highest BCUT2D eigenvalue weighted by Crippen LogP contribution is 2.21. The van der Waals surface area contributed by atoms with Gasteiger partial charge in [-0.1, -0.05) is 17.7 Å². The monoisotopic (exact) mass is 296 g/mol. The number of aliphatic hydroxyl groups excluding tert-OH is 1. The summed E-state index contributed by atoms with van der Waals surface area (Å²) in [5.41, 5.74) is 0. The molecular formula is C14H13ClO5. The molecule has 0 aliphatic rings. The van der Waals surface area contributed by atoms with Crippen LogP contribution in [0.3, 0.4) is 0 Å². The van der Waals surface area contributed by atoms with E-state index in [4.69, 9.17) is 20.8 Å². The lowest BCUT2D eigenvalue weighted by Crippen LogP contribution is -2.09. The fourth-order valence-electron chi connectivity index (χ4n) is 1.56. The second-order valence-corrected chi connectivity index (χ2v) is 4.41. The average Bonchev–Trinajstić information content (AvgIpc) is 2.94. The largest absolute Gasteiger partial charge is 0.490 e. The highest BCUT2D eigenvalue weighted by molar-refractivity contribution is 6.30.